The van der Waals surface area contributed by atoms with Crippen LogP contribution in [0.25, 0.3) is 16.3 Å². The molecule has 1 saturated heterocycles. The summed E-state index contributed by atoms with van der Waals surface area (Å²) in [6.45, 7) is 3.15. The predicted molar refractivity (Wildman–Crippen MR) is 107 cm³/mol. The van der Waals surface area contributed by atoms with Crippen molar-refractivity contribution in [2.45, 2.75) is 19.3 Å². The number of hydrogen-bond donors (Lipinski definition) is 2. The van der Waals surface area contributed by atoms with Gasteiger partial charge in [0.25, 0.3) is 0 Å². The molecule has 0 aliphatic carbocycles. The molecule has 1 aromatic carbocycles. The van der Waals surface area contributed by atoms with Crippen molar-refractivity contribution >= 4 is 27.9 Å². The Kier molecular flexibility index (Phi) is 5.66. The van der Waals surface area contributed by atoms with Gasteiger partial charge in [0.2, 0.25) is 0 Å². The van der Waals surface area contributed by atoms with Gasteiger partial charge in [0, 0.05) is 44.0 Å². The van der Waals surface area contributed by atoms with E-state index in [2.05, 4.69) is 44.5 Å². The van der Waals surface area contributed by atoms with Crippen molar-refractivity contribution in [3.05, 3.63) is 42.2 Å². The molecule has 0 radical (unpaired) electrons. The Bertz CT molecular complexity index is 788. The van der Waals surface area contributed by atoms with Crippen molar-refractivity contribution in [1.82, 2.24) is 9.88 Å². The maximum absolute atomic E-state index is 6.00. The Balaban J connectivity index is 1.89. The molecule has 5 nitrogen and oxygen atoms in total. The number of nitrogens with zero attached hydrogens (tertiary/aromatic N) is 3. The third-order valence-electron chi connectivity index (χ3n) is 4.86. The number of rotatable bonds is 5. The number of piperidine rings is 1. The maximum atomic E-state index is 6.00. The molecule has 1 fully saturated rings. The van der Waals surface area contributed by atoms with Crippen LogP contribution in [0.4, 0.5) is 5.82 Å². The molecule has 1 aromatic heterocycles. The first-order valence-electron chi connectivity index (χ1n) is 8.93. The lowest BCUT2D eigenvalue weighted by Crippen LogP contribution is -2.35. The fourth-order valence-electron chi connectivity index (χ4n) is 3.41. The van der Waals surface area contributed by atoms with Crippen molar-refractivity contribution in [3.8, 4) is 0 Å². The van der Waals surface area contributed by atoms with Gasteiger partial charge in [0.15, 0.2) is 0 Å². The van der Waals surface area contributed by atoms with Crippen LogP contribution in [0.15, 0.2) is 41.7 Å². The van der Waals surface area contributed by atoms with E-state index in [1.165, 1.54) is 19.3 Å². The second-order valence-corrected chi connectivity index (χ2v) is 6.47. The molecule has 0 spiro atoms. The van der Waals surface area contributed by atoms with Crippen molar-refractivity contribution in [3.63, 3.8) is 0 Å². The van der Waals surface area contributed by atoms with E-state index >= 15 is 0 Å². The highest BCUT2D eigenvalue weighted by atomic mass is 15.1. The topological polar surface area (TPSA) is 66.5 Å². The minimum atomic E-state index is 0.857. The molecule has 1 aliphatic heterocycles. The van der Waals surface area contributed by atoms with Crippen LogP contribution >= 0.6 is 0 Å². The summed E-state index contributed by atoms with van der Waals surface area (Å²) in [6.07, 6.45) is 7.46. The van der Waals surface area contributed by atoms with Crippen LogP contribution in [0, 0.1) is 0 Å². The average Bonchev–Trinajstić information content (AvgIpc) is 2.67. The van der Waals surface area contributed by atoms with E-state index < -0.39 is 0 Å². The molecule has 5 heteroatoms. The molecule has 0 bridgehead atoms. The van der Waals surface area contributed by atoms with E-state index in [-0.39, 0.29) is 0 Å². The fourth-order valence-corrected chi connectivity index (χ4v) is 3.41. The van der Waals surface area contributed by atoms with Gasteiger partial charge in [0.1, 0.15) is 5.82 Å². The number of nitrogens with one attached hydrogen (secondary N) is 1. The molecule has 1 aliphatic rings. The van der Waals surface area contributed by atoms with Gasteiger partial charge in [-0.3, -0.25) is 9.89 Å². The van der Waals surface area contributed by atoms with Crippen LogP contribution in [-0.4, -0.2) is 49.3 Å². The van der Waals surface area contributed by atoms with Crippen LogP contribution in [0.5, 0.6) is 0 Å². The Labute approximate surface area is 149 Å². The van der Waals surface area contributed by atoms with Crippen LogP contribution in [0.1, 0.15) is 24.8 Å². The first-order chi connectivity index (χ1) is 12.2. The van der Waals surface area contributed by atoms with E-state index in [1.54, 1.807) is 6.20 Å². The maximum Gasteiger partial charge on any atom is 0.126 e. The largest absolute Gasteiger partial charge is 0.404 e. The highest BCUT2D eigenvalue weighted by Crippen LogP contribution is 2.24. The van der Waals surface area contributed by atoms with Gasteiger partial charge in [-0.05, 0) is 49.0 Å². The summed E-state index contributed by atoms with van der Waals surface area (Å²) in [5.74, 6) is 0.862. The van der Waals surface area contributed by atoms with Crippen LogP contribution < -0.4 is 11.1 Å². The number of aromatic nitrogens is 1. The molecule has 3 N–H and O–H groups in total. The van der Waals surface area contributed by atoms with Gasteiger partial charge < -0.3 is 11.1 Å². The zero-order valence-electron chi connectivity index (χ0n) is 15.1. The number of fused-ring (bicyclic) bond motifs is 1. The number of nitrogens with two attached hydrogens (primary N) is 1. The van der Waals surface area contributed by atoms with Gasteiger partial charge in [0.05, 0.1) is 5.71 Å². The number of aliphatic imine (C=N–C) groups is 1. The quantitative estimate of drug-likeness (QED) is 0.823. The SMILES string of the molecule is CN=C(CN1CCCCC1)C(=CN)c1ccc2cnc(NC)cc2c1. The van der Waals surface area contributed by atoms with Crippen molar-refractivity contribution < 1.29 is 0 Å². The summed E-state index contributed by atoms with van der Waals surface area (Å²) in [6, 6.07) is 8.41. The second kappa shape index (κ2) is 8.12. The molecule has 0 saturated carbocycles. The van der Waals surface area contributed by atoms with Crippen LogP contribution in [0.2, 0.25) is 0 Å². The van der Waals surface area contributed by atoms with Crippen LogP contribution in [-0.2, 0) is 0 Å². The van der Waals surface area contributed by atoms with E-state index in [1.807, 2.05) is 20.3 Å². The summed E-state index contributed by atoms with van der Waals surface area (Å²) in [4.78, 5) is 11.4. The lowest BCUT2D eigenvalue weighted by atomic mass is 9.98. The molecule has 3 rings (SSSR count). The molecule has 25 heavy (non-hydrogen) atoms. The molecule has 132 valence electrons. The lowest BCUT2D eigenvalue weighted by Gasteiger charge is -2.27. The van der Waals surface area contributed by atoms with Gasteiger partial charge >= 0.3 is 0 Å². The molecule has 2 heterocycles. The van der Waals surface area contributed by atoms with Crippen molar-refractivity contribution in [1.29, 1.82) is 0 Å². The average molecular weight is 337 g/mol. The molecular weight excluding hydrogens is 310 g/mol. The summed E-state index contributed by atoms with van der Waals surface area (Å²) in [5, 5.41) is 5.35. The third-order valence-corrected chi connectivity index (χ3v) is 4.86. The zero-order valence-corrected chi connectivity index (χ0v) is 15.1. The van der Waals surface area contributed by atoms with Crippen molar-refractivity contribution in [2.75, 3.05) is 39.0 Å². The van der Waals surface area contributed by atoms with Gasteiger partial charge in [-0.1, -0.05) is 18.6 Å². The van der Waals surface area contributed by atoms with Crippen molar-refractivity contribution in [2.24, 2.45) is 10.7 Å². The predicted octanol–water partition coefficient (Wildman–Crippen LogP) is 3.13. The zero-order chi connectivity index (χ0) is 17.6. The fraction of sp³-hybridized carbons (Fsp3) is 0.400. The summed E-state index contributed by atoms with van der Waals surface area (Å²) >= 11 is 0. The summed E-state index contributed by atoms with van der Waals surface area (Å²) in [5.41, 5.74) is 9.16. The molecule has 0 amide bonds. The van der Waals surface area contributed by atoms with E-state index in [0.717, 1.165) is 53.1 Å². The molecule has 0 atom stereocenters. The molecule has 2 aromatic rings. The first kappa shape index (κ1) is 17.4. The van der Waals surface area contributed by atoms with Crippen LogP contribution in [0.3, 0.4) is 0 Å². The smallest absolute Gasteiger partial charge is 0.126 e. The highest BCUT2D eigenvalue weighted by molar-refractivity contribution is 6.25. The second-order valence-electron chi connectivity index (χ2n) is 6.47. The van der Waals surface area contributed by atoms with Gasteiger partial charge in [-0.25, -0.2) is 4.98 Å². The number of benzene rings is 1. The molecule has 0 unspecified atom stereocenters. The van der Waals surface area contributed by atoms with Gasteiger partial charge in [-0.15, -0.1) is 0 Å². The van der Waals surface area contributed by atoms with E-state index in [9.17, 15) is 0 Å². The van der Waals surface area contributed by atoms with Gasteiger partial charge in [-0.2, -0.15) is 0 Å². The monoisotopic (exact) mass is 337 g/mol. The van der Waals surface area contributed by atoms with E-state index in [0.29, 0.717) is 0 Å². The normalized spacial score (nSPS) is 17.0. The molecular formula is C20H27N5. The standard InChI is InChI=1S/C20H27N5/c1-22-19(14-25-8-4-3-5-9-25)18(12-21)15-6-7-16-13-24-20(23-2)11-17(16)10-15/h6-7,10-13H,3-5,8-9,14,21H2,1-2H3,(H,23,24). The van der Waals surface area contributed by atoms with E-state index in [4.69, 9.17) is 5.73 Å². The first-order valence-corrected chi connectivity index (χ1v) is 8.93. The number of hydrogen-bond acceptors (Lipinski definition) is 5. The minimum Gasteiger partial charge on any atom is -0.404 e. The number of pyridine rings is 1. The Morgan fingerprint density at radius 1 is 1.24 bits per heavy atom. The third kappa shape index (κ3) is 3.99. The Morgan fingerprint density at radius 3 is 2.72 bits per heavy atom. The number of anilines is 1. The Hall–Kier alpha value is -2.40. The summed E-state index contributed by atoms with van der Waals surface area (Å²) < 4.78 is 0. The summed E-state index contributed by atoms with van der Waals surface area (Å²) in [7, 11) is 3.73. The number of likely N-dealkylation sites (tertiary alicyclic amines) is 1. The lowest BCUT2D eigenvalue weighted by molar-refractivity contribution is 0.259. The minimum absolute atomic E-state index is 0.857. The Morgan fingerprint density at radius 2 is 2.04 bits per heavy atom. The highest BCUT2D eigenvalue weighted by Gasteiger charge is 2.16.